The first kappa shape index (κ1) is 16.3. The fourth-order valence-electron chi connectivity index (χ4n) is 3.40. The summed E-state index contributed by atoms with van der Waals surface area (Å²) in [5, 5.41) is 3.68. The SMILES string of the molecule is CCC(CC)(CNC(C)C)CN1CCN(C2CC2)CC1. The van der Waals surface area contributed by atoms with Crippen LogP contribution in [0.1, 0.15) is 53.4 Å². The summed E-state index contributed by atoms with van der Waals surface area (Å²) in [5.41, 5.74) is 0.464. The van der Waals surface area contributed by atoms with Crippen molar-refractivity contribution in [2.24, 2.45) is 5.41 Å². The number of nitrogens with zero attached hydrogens (tertiary/aromatic N) is 2. The summed E-state index contributed by atoms with van der Waals surface area (Å²) in [6.45, 7) is 16.8. The molecule has 0 spiro atoms. The molecule has 1 N–H and O–H groups in total. The molecule has 0 aromatic carbocycles. The van der Waals surface area contributed by atoms with Gasteiger partial charge in [-0.1, -0.05) is 27.7 Å². The van der Waals surface area contributed by atoms with Gasteiger partial charge < -0.3 is 10.2 Å². The summed E-state index contributed by atoms with van der Waals surface area (Å²) in [7, 11) is 0. The van der Waals surface area contributed by atoms with Gasteiger partial charge in [0.05, 0.1) is 0 Å². The third-order valence-corrected chi connectivity index (χ3v) is 5.41. The third kappa shape index (κ3) is 4.44. The zero-order chi connectivity index (χ0) is 14.6. The summed E-state index contributed by atoms with van der Waals surface area (Å²) in [4.78, 5) is 5.43. The van der Waals surface area contributed by atoms with Gasteiger partial charge in [0.1, 0.15) is 0 Å². The normalized spacial score (nSPS) is 22.6. The van der Waals surface area contributed by atoms with Gasteiger partial charge in [-0.05, 0) is 31.1 Å². The van der Waals surface area contributed by atoms with Crippen LogP contribution >= 0.6 is 0 Å². The molecule has 0 unspecified atom stereocenters. The number of hydrogen-bond donors (Lipinski definition) is 1. The van der Waals surface area contributed by atoms with E-state index in [1.807, 2.05) is 0 Å². The molecule has 1 saturated heterocycles. The molecule has 2 rings (SSSR count). The van der Waals surface area contributed by atoms with E-state index in [0.29, 0.717) is 11.5 Å². The Labute approximate surface area is 126 Å². The quantitative estimate of drug-likeness (QED) is 0.738. The number of rotatable bonds is 8. The van der Waals surface area contributed by atoms with E-state index in [1.54, 1.807) is 0 Å². The molecule has 0 amide bonds. The van der Waals surface area contributed by atoms with Crippen LogP contribution in [0.15, 0.2) is 0 Å². The molecule has 3 nitrogen and oxygen atoms in total. The standard InChI is InChI=1S/C17H35N3/c1-5-17(6-2,13-18-15(3)4)14-19-9-11-20(12-10-19)16-7-8-16/h15-16,18H,5-14H2,1-4H3. The maximum Gasteiger partial charge on any atom is 0.0113 e. The van der Waals surface area contributed by atoms with Crippen molar-refractivity contribution in [2.75, 3.05) is 39.3 Å². The minimum Gasteiger partial charge on any atom is -0.314 e. The Bertz CT molecular complexity index is 274. The molecule has 1 saturated carbocycles. The van der Waals surface area contributed by atoms with Gasteiger partial charge in [-0.2, -0.15) is 0 Å². The molecule has 20 heavy (non-hydrogen) atoms. The zero-order valence-electron chi connectivity index (χ0n) is 14.1. The first-order chi connectivity index (χ1) is 9.58. The highest BCUT2D eigenvalue weighted by Crippen LogP contribution is 2.30. The number of piperazine rings is 1. The Kier molecular flexibility index (Phi) is 5.88. The topological polar surface area (TPSA) is 18.5 Å². The molecule has 118 valence electrons. The highest BCUT2D eigenvalue weighted by Gasteiger charge is 2.34. The first-order valence-corrected chi connectivity index (χ1v) is 8.78. The van der Waals surface area contributed by atoms with Crippen LogP contribution in [-0.4, -0.2) is 61.2 Å². The van der Waals surface area contributed by atoms with E-state index in [2.05, 4.69) is 42.8 Å². The summed E-state index contributed by atoms with van der Waals surface area (Å²) >= 11 is 0. The van der Waals surface area contributed by atoms with Crippen LogP contribution in [0.5, 0.6) is 0 Å². The molecule has 0 aromatic rings. The smallest absolute Gasteiger partial charge is 0.0113 e. The second-order valence-electron chi connectivity index (χ2n) is 7.29. The van der Waals surface area contributed by atoms with Crippen molar-refractivity contribution in [1.29, 1.82) is 0 Å². The third-order valence-electron chi connectivity index (χ3n) is 5.41. The van der Waals surface area contributed by atoms with Crippen LogP contribution < -0.4 is 5.32 Å². The fraction of sp³-hybridized carbons (Fsp3) is 1.00. The Morgan fingerprint density at radius 3 is 2.10 bits per heavy atom. The monoisotopic (exact) mass is 281 g/mol. The summed E-state index contributed by atoms with van der Waals surface area (Å²) < 4.78 is 0. The average Bonchev–Trinajstić information content (AvgIpc) is 3.29. The lowest BCUT2D eigenvalue weighted by atomic mass is 9.81. The Balaban J connectivity index is 1.81. The first-order valence-electron chi connectivity index (χ1n) is 8.78. The van der Waals surface area contributed by atoms with Gasteiger partial charge in [-0.3, -0.25) is 4.90 Å². The van der Waals surface area contributed by atoms with Crippen molar-refractivity contribution in [1.82, 2.24) is 15.1 Å². The highest BCUT2D eigenvalue weighted by molar-refractivity contribution is 4.90. The highest BCUT2D eigenvalue weighted by atomic mass is 15.3. The van der Waals surface area contributed by atoms with Gasteiger partial charge in [-0.15, -0.1) is 0 Å². The predicted octanol–water partition coefficient (Wildman–Crippen LogP) is 2.57. The molecule has 2 aliphatic rings. The van der Waals surface area contributed by atoms with Gasteiger partial charge in [0.25, 0.3) is 0 Å². The molecule has 2 fully saturated rings. The molecule has 1 heterocycles. The van der Waals surface area contributed by atoms with Crippen molar-refractivity contribution in [3.63, 3.8) is 0 Å². The van der Waals surface area contributed by atoms with Crippen LogP contribution in [-0.2, 0) is 0 Å². The van der Waals surface area contributed by atoms with Crippen molar-refractivity contribution < 1.29 is 0 Å². The molecule has 3 heteroatoms. The van der Waals surface area contributed by atoms with Crippen LogP contribution in [0, 0.1) is 5.41 Å². The molecule has 0 atom stereocenters. The van der Waals surface area contributed by atoms with Crippen LogP contribution in [0.25, 0.3) is 0 Å². The van der Waals surface area contributed by atoms with E-state index in [9.17, 15) is 0 Å². The van der Waals surface area contributed by atoms with E-state index >= 15 is 0 Å². The number of nitrogens with one attached hydrogen (secondary N) is 1. The van der Waals surface area contributed by atoms with Gasteiger partial charge in [0.15, 0.2) is 0 Å². The lowest BCUT2D eigenvalue weighted by Gasteiger charge is -2.42. The summed E-state index contributed by atoms with van der Waals surface area (Å²) in [6.07, 6.45) is 5.47. The average molecular weight is 281 g/mol. The van der Waals surface area contributed by atoms with E-state index in [0.717, 1.165) is 6.04 Å². The van der Waals surface area contributed by atoms with Crippen LogP contribution in [0.3, 0.4) is 0 Å². The van der Waals surface area contributed by atoms with E-state index in [-0.39, 0.29) is 0 Å². The Morgan fingerprint density at radius 2 is 1.65 bits per heavy atom. The Hall–Kier alpha value is -0.120. The van der Waals surface area contributed by atoms with E-state index in [4.69, 9.17) is 0 Å². The maximum absolute atomic E-state index is 3.68. The molecular formula is C17H35N3. The molecule has 1 aliphatic carbocycles. The van der Waals surface area contributed by atoms with Crippen molar-refractivity contribution in [3.05, 3.63) is 0 Å². The summed E-state index contributed by atoms with van der Waals surface area (Å²) in [5.74, 6) is 0. The predicted molar refractivity (Wildman–Crippen MR) is 87.2 cm³/mol. The van der Waals surface area contributed by atoms with Gasteiger partial charge in [0.2, 0.25) is 0 Å². The Morgan fingerprint density at radius 1 is 1.05 bits per heavy atom. The van der Waals surface area contributed by atoms with Crippen LogP contribution in [0.4, 0.5) is 0 Å². The maximum atomic E-state index is 3.68. The molecule has 1 aliphatic heterocycles. The van der Waals surface area contributed by atoms with Crippen molar-refractivity contribution in [2.45, 2.75) is 65.5 Å². The minimum atomic E-state index is 0.464. The van der Waals surface area contributed by atoms with E-state index < -0.39 is 0 Å². The van der Waals surface area contributed by atoms with Crippen LogP contribution in [0.2, 0.25) is 0 Å². The minimum absolute atomic E-state index is 0.464. The largest absolute Gasteiger partial charge is 0.314 e. The zero-order valence-corrected chi connectivity index (χ0v) is 14.1. The molecular weight excluding hydrogens is 246 g/mol. The summed E-state index contributed by atoms with van der Waals surface area (Å²) in [6, 6.07) is 1.54. The lowest BCUT2D eigenvalue weighted by Crippen LogP contribution is -2.52. The lowest BCUT2D eigenvalue weighted by molar-refractivity contribution is 0.0741. The molecule has 0 bridgehead atoms. The number of hydrogen-bond acceptors (Lipinski definition) is 3. The van der Waals surface area contributed by atoms with Crippen molar-refractivity contribution >= 4 is 0 Å². The molecule has 0 aromatic heterocycles. The van der Waals surface area contributed by atoms with Crippen molar-refractivity contribution in [3.8, 4) is 0 Å². The fourth-order valence-corrected chi connectivity index (χ4v) is 3.40. The van der Waals surface area contributed by atoms with Gasteiger partial charge >= 0.3 is 0 Å². The second-order valence-corrected chi connectivity index (χ2v) is 7.29. The second kappa shape index (κ2) is 7.24. The van der Waals surface area contributed by atoms with Gasteiger partial charge in [-0.25, -0.2) is 0 Å². The molecule has 0 radical (unpaired) electrons. The van der Waals surface area contributed by atoms with Gasteiger partial charge in [0, 0.05) is 51.4 Å². The van der Waals surface area contributed by atoms with E-state index in [1.165, 1.54) is 65.0 Å².